The Bertz CT molecular complexity index is 793. The maximum atomic E-state index is 12.3. The Morgan fingerprint density at radius 3 is 2.76 bits per heavy atom. The van der Waals surface area contributed by atoms with E-state index in [4.69, 9.17) is 4.74 Å². The Hall–Kier alpha value is -2.76. The summed E-state index contributed by atoms with van der Waals surface area (Å²) in [4.78, 5) is 12.3. The number of pyridine rings is 1. The van der Waals surface area contributed by atoms with Crippen LogP contribution in [-0.4, -0.2) is 27.9 Å². The molecule has 6 heteroatoms. The zero-order valence-corrected chi connectivity index (χ0v) is 11.9. The summed E-state index contributed by atoms with van der Waals surface area (Å²) in [5.41, 5.74) is 2.35. The molecule has 6 nitrogen and oxygen atoms in total. The van der Waals surface area contributed by atoms with Crippen molar-refractivity contribution in [1.82, 2.24) is 15.0 Å². The third-order valence-corrected chi connectivity index (χ3v) is 3.35. The van der Waals surface area contributed by atoms with Gasteiger partial charge in [0.05, 0.1) is 7.11 Å². The number of aryl methyl sites for hydroxylation is 1. The lowest BCUT2D eigenvalue weighted by molar-refractivity contribution is -0.681. The number of methoxy groups -OCH3 is 1. The highest BCUT2D eigenvalue weighted by atomic mass is 16.5. The number of ether oxygens (including phenoxy) is 1. The van der Waals surface area contributed by atoms with E-state index in [2.05, 4.69) is 10.3 Å². The summed E-state index contributed by atoms with van der Waals surface area (Å²) in [7, 11) is 3.44. The van der Waals surface area contributed by atoms with Gasteiger partial charge >= 0.3 is 0 Å². The van der Waals surface area contributed by atoms with Gasteiger partial charge in [-0.05, 0) is 24.3 Å². The molecule has 0 atom stereocenters. The van der Waals surface area contributed by atoms with Gasteiger partial charge in [-0.15, -0.1) is 5.10 Å². The van der Waals surface area contributed by atoms with Crippen LogP contribution in [0.15, 0.2) is 42.7 Å². The molecule has 0 saturated heterocycles. The molecule has 0 fully saturated rings. The zero-order valence-electron chi connectivity index (χ0n) is 11.9. The van der Waals surface area contributed by atoms with Crippen LogP contribution in [0.3, 0.4) is 0 Å². The highest BCUT2D eigenvalue weighted by Crippen LogP contribution is 2.12. The van der Waals surface area contributed by atoms with Crippen molar-refractivity contribution in [3.63, 3.8) is 0 Å². The first-order valence-electron chi connectivity index (χ1n) is 6.53. The smallest absolute Gasteiger partial charge is 0.227 e. The van der Waals surface area contributed by atoms with Crippen LogP contribution in [-0.2, 0) is 13.6 Å². The Morgan fingerprint density at radius 1 is 1.29 bits per heavy atom. The quantitative estimate of drug-likeness (QED) is 0.532. The maximum absolute atomic E-state index is 12.3. The van der Waals surface area contributed by atoms with E-state index in [0.29, 0.717) is 5.56 Å². The molecular weight excluding hydrogens is 268 g/mol. The number of nitrogens with zero attached hydrogens (tertiary/aromatic N) is 4. The Morgan fingerprint density at radius 2 is 2.05 bits per heavy atom. The lowest BCUT2D eigenvalue weighted by Crippen LogP contribution is -2.37. The van der Waals surface area contributed by atoms with Gasteiger partial charge in [0.15, 0.2) is 17.9 Å². The van der Waals surface area contributed by atoms with E-state index in [1.807, 2.05) is 30.1 Å². The second-order valence-corrected chi connectivity index (χ2v) is 4.75. The molecule has 0 radical (unpaired) electrons. The average Bonchev–Trinajstić information content (AvgIpc) is 2.88. The number of benzene rings is 1. The molecule has 2 aromatic heterocycles. The fourth-order valence-electron chi connectivity index (χ4n) is 2.16. The number of rotatable bonds is 4. The molecule has 3 rings (SSSR count). The van der Waals surface area contributed by atoms with Crippen molar-refractivity contribution < 1.29 is 14.1 Å². The van der Waals surface area contributed by atoms with E-state index in [1.54, 1.807) is 36.1 Å². The molecule has 2 heterocycles. The standard InChI is InChI=1S/C15H15N4O2/c1-18-14-7-8-19(9-13(14)16-17-18)10-15(20)11-3-5-12(21-2)6-4-11/h3-9H,10H2,1-2H3/q+1. The van der Waals surface area contributed by atoms with E-state index < -0.39 is 0 Å². The first kappa shape index (κ1) is 13.2. The van der Waals surface area contributed by atoms with Gasteiger partial charge in [-0.1, -0.05) is 5.21 Å². The fourth-order valence-corrected chi connectivity index (χ4v) is 2.16. The second-order valence-electron chi connectivity index (χ2n) is 4.75. The van der Waals surface area contributed by atoms with Crippen molar-refractivity contribution in [2.45, 2.75) is 6.54 Å². The third-order valence-electron chi connectivity index (χ3n) is 3.35. The number of hydrogen-bond donors (Lipinski definition) is 0. The van der Waals surface area contributed by atoms with Gasteiger partial charge in [0.25, 0.3) is 0 Å². The highest BCUT2D eigenvalue weighted by molar-refractivity contribution is 5.95. The van der Waals surface area contributed by atoms with E-state index in [-0.39, 0.29) is 12.3 Å². The summed E-state index contributed by atoms with van der Waals surface area (Å²) in [6, 6.07) is 9.00. The molecule has 0 aliphatic rings. The Labute approximate surface area is 121 Å². The van der Waals surface area contributed by atoms with Crippen LogP contribution in [0.25, 0.3) is 11.0 Å². The minimum Gasteiger partial charge on any atom is -0.497 e. The molecule has 0 spiro atoms. The van der Waals surface area contributed by atoms with Gasteiger partial charge in [0.2, 0.25) is 12.3 Å². The van der Waals surface area contributed by atoms with Crippen molar-refractivity contribution >= 4 is 16.8 Å². The van der Waals surface area contributed by atoms with Crippen LogP contribution in [0.4, 0.5) is 0 Å². The highest BCUT2D eigenvalue weighted by Gasteiger charge is 2.14. The van der Waals surface area contributed by atoms with Gasteiger partial charge in [0.1, 0.15) is 11.3 Å². The molecule has 21 heavy (non-hydrogen) atoms. The van der Waals surface area contributed by atoms with E-state index in [9.17, 15) is 4.79 Å². The minimum atomic E-state index is 0.0332. The molecule has 0 aliphatic heterocycles. The largest absolute Gasteiger partial charge is 0.497 e. The molecule has 0 amide bonds. The number of aromatic nitrogens is 4. The summed E-state index contributed by atoms with van der Waals surface area (Å²) < 4.78 is 8.59. The number of Topliss-reactive ketones (excluding diaryl/α,β-unsaturated/α-hetero) is 1. The predicted octanol–water partition coefficient (Wildman–Crippen LogP) is 1.15. The molecular formula is C15H15N4O2+. The number of hydrogen-bond acceptors (Lipinski definition) is 4. The molecule has 0 bridgehead atoms. The van der Waals surface area contributed by atoms with Crippen molar-refractivity contribution in [3.8, 4) is 5.75 Å². The van der Waals surface area contributed by atoms with Gasteiger partial charge in [0, 0.05) is 18.7 Å². The van der Waals surface area contributed by atoms with Crippen molar-refractivity contribution in [1.29, 1.82) is 0 Å². The fraction of sp³-hybridized carbons (Fsp3) is 0.200. The number of ketones is 1. The predicted molar refractivity (Wildman–Crippen MR) is 76.0 cm³/mol. The number of fused-ring (bicyclic) bond motifs is 1. The SMILES string of the molecule is COc1ccc(C(=O)C[n+]2ccc3c(c2)nnn3C)cc1. The maximum Gasteiger partial charge on any atom is 0.227 e. The van der Waals surface area contributed by atoms with E-state index in [1.165, 1.54) is 0 Å². The van der Waals surface area contributed by atoms with Crippen LogP contribution in [0.2, 0.25) is 0 Å². The molecule has 106 valence electrons. The van der Waals surface area contributed by atoms with Crippen molar-refractivity contribution in [3.05, 3.63) is 48.3 Å². The Balaban J connectivity index is 1.81. The molecule has 0 N–H and O–H groups in total. The monoisotopic (exact) mass is 283 g/mol. The van der Waals surface area contributed by atoms with Crippen molar-refractivity contribution in [2.75, 3.05) is 7.11 Å². The molecule has 0 unspecified atom stereocenters. The summed E-state index contributed by atoms with van der Waals surface area (Å²) in [5.74, 6) is 0.770. The van der Waals surface area contributed by atoms with Crippen LogP contribution in [0.5, 0.6) is 5.75 Å². The summed E-state index contributed by atoms with van der Waals surface area (Å²) >= 11 is 0. The van der Waals surface area contributed by atoms with E-state index in [0.717, 1.165) is 16.8 Å². The molecule has 1 aromatic carbocycles. The van der Waals surface area contributed by atoms with Gasteiger partial charge in [-0.2, -0.15) is 4.57 Å². The summed E-state index contributed by atoms with van der Waals surface area (Å²) in [5, 5.41) is 7.99. The van der Waals surface area contributed by atoms with Crippen LogP contribution >= 0.6 is 0 Å². The summed E-state index contributed by atoms with van der Waals surface area (Å²) in [6.07, 6.45) is 3.68. The normalized spacial score (nSPS) is 10.8. The van der Waals surface area contributed by atoms with Crippen LogP contribution in [0, 0.1) is 0 Å². The number of carbonyl (C=O) groups excluding carboxylic acids is 1. The van der Waals surface area contributed by atoms with Gasteiger partial charge in [-0.3, -0.25) is 4.79 Å². The number of carbonyl (C=O) groups is 1. The summed E-state index contributed by atoms with van der Waals surface area (Å²) in [6.45, 7) is 0.263. The van der Waals surface area contributed by atoms with Gasteiger partial charge in [-0.25, -0.2) is 4.68 Å². The second kappa shape index (κ2) is 5.32. The zero-order chi connectivity index (χ0) is 14.8. The lowest BCUT2D eigenvalue weighted by atomic mass is 10.1. The lowest BCUT2D eigenvalue weighted by Gasteiger charge is -2.01. The first-order valence-corrected chi connectivity index (χ1v) is 6.53. The van der Waals surface area contributed by atoms with Gasteiger partial charge < -0.3 is 4.74 Å². The third kappa shape index (κ3) is 2.60. The molecule has 0 aliphatic carbocycles. The van der Waals surface area contributed by atoms with Crippen molar-refractivity contribution in [2.24, 2.45) is 7.05 Å². The molecule has 3 aromatic rings. The van der Waals surface area contributed by atoms with Crippen LogP contribution < -0.4 is 9.30 Å². The van der Waals surface area contributed by atoms with E-state index >= 15 is 0 Å². The Kier molecular flexibility index (Phi) is 3.35. The average molecular weight is 283 g/mol. The van der Waals surface area contributed by atoms with Crippen LogP contribution in [0.1, 0.15) is 10.4 Å². The first-order chi connectivity index (χ1) is 10.2. The minimum absolute atomic E-state index is 0.0332. The topological polar surface area (TPSA) is 60.9 Å². The molecule has 0 saturated carbocycles.